The highest BCUT2D eigenvalue weighted by Crippen LogP contribution is 2.44. The van der Waals surface area contributed by atoms with Gasteiger partial charge in [-0.2, -0.15) is 0 Å². The van der Waals surface area contributed by atoms with Gasteiger partial charge in [-0.3, -0.25) is 0 Å². The lowest BCUT2D eigenvalue weighted by Gasteiger charge is -2.28. The molecule has 0 aliphatic heterocycles. The molecule has 0 amide bonds. The first-order valence-corrected chi connectivity index (χ1v) is 21.9. The van der Waals surface area contributed by atoms with E-state index in [2.05, 4.69) is 254 Å². The number of fused-ring (bicyclic) bond motifs is 6. The van der Waals surface area contributed by atoms with Crippen LogP contribution in [-0.4, -0.2) is 0 Å². The first-order chi connectivity index (χ1) is 31.7. The molecule has 0 aliphatic rings. The van der Waals surface area contributed by atoms with Gasteiger partial charge in [0.05, 0.1) is 5.69 Å². The van der Waals surface area contributed by atoms with Crippen molar-refractivity contribution in [2.75, 3.05) is 4.90 Å². The monoisotopic (exact) mass is 815 g/mol. The molecular weight excluding hydrogens is 775 g/mol. The fourth-order valence-electron chi connectivity index (χ4n) is 9.53. The van der Waals surface area contributed by atoms with Gasteiger partial charge in [0.25, 0.3) is 0 Å². The van der Waals surface area contributed by atoms with Crippen molar-refractivity contribution >= 4 is 60.5 Å². The second-order valence-electron chi connectivity index (χ2n) is 16.4. The third-order valence-electron chi connectivity index (χ3n) is 12.7. The summed E-state index contributed by atoms with van der Waals surface area (Å²) in [4.78, 5) is 2.39. The Kier molecular flexibility index (Phi) is 9.20. The highest BCUT2D eigenvalue weighted by molar-refractivity contribution is 6.15. The molecule has 0 radical (unpaired) electrons. The molecule has 0 N–H and O–H groups in total. The minimum Gasteiger partial charge on any atom is -0.455 e. The maximum Gasteiger partial charge on any atom is 0.143 e. The molecule has 2 nitrogen and oxygen atoms in total. The van der Waals surface area contributed by atoms with Crippen LogP contribution in [0.25, 0.3) is 99.1 Å². The van der Waals surface area contributed by atoms with Crippen molar-refractivity contribution in [2.24, 2.45) is 0 Å². The van der Waals surface area contributed by atoms with E-state index in [-0.39, 0.29) is 0 Å². The Labute approximate surface area is 372 Å². The van der Waals surface area contributed by atoms with Crippen LogP contribution in [0.1, 0.15) is 0 Å². The minimum atomic E-state index is 0.885. The van der Waals surface area contributed by atoms with Crippen molar-refractivity contribution in [1.29, 1.82) is 0 Å². The normalized spacial score (nSPS) is 11.4. The molecule has 0 spiro atoms. The van der Waals surface area contributed by atoms with Crippen LogP contribution < -0.4 is 4.90 Å². The van der Waals surface area contributed by atoms with E-state index >= 15 is 0 Å². The van der Waals surface area contributed by atoms with Gasteiger partial charge in [0.15, 0.2) is 0 Å². The zero-order valence-corrected chi connectivity index (χ0v) is 35.0. The predicted molar refractivity (Wildman–Crippen MR) is 271 cm³/mol. The van der Waals surface area contributed by atoms with Crippen molar-refractivity contribution in [3.63, 3.8) is 0 Å². The Morgan fingerprint density at radius 2 is 0.812 bits per heavy atom. The van der Waals surface area contributed by atoms with E-state index in [0.29, 0.717) is 0 Å². The van der Waals surface area contributed by atoms with Crippen LogP contribution in [0.2, 0.25) is 0 Å². The third-order valence-corrected chi connectivity index (χ3v) is 12.7. The minimum absolute atomic E-state index is 0.885. The first kappa shape index (κ1) is 37.3. The highest BCUT2D eigenvalue weighted by Gasteiger charge is 2.20. The van der Waals surface area contributed by atoms with E-state index in [4.69, 9.17) is 4.42 Å². The Morgan fingerprint density at radius 3 is 1.56 bits per heavy atom. The molecule has 0 saturated heterocycles. The number of benzene rings is 11. The summed E-state index contributed by atoms with van der Waals surface area (Å²) in [5.74, 6) is 0. The van der Waals surface area contributed by atoms with Crippen LogP contribution >= 0.6 is 0 Å². The zero-order valence-electron chi connectivity index (χ0n) is 35.0. The quantitative estimate of drug-likeness (QED) is 0.152. The molecule has 12 aromatic rings. The Morgan fingerprint density at radius 1 is 0.266 bits per heavy atom. The van der Waals surface area contributed by atoms with Gasteiger partial charge >= 0.3 is 0 Å². The molecule has 64 heavy (non-hydrogen) atoms. The van der Waals surface area contributed by atoms with Crippen LogP contribution in [0.15, 0.2) is 253 Å². The predicted octanol–water partition coefficient (Wildman–Crippen LogP) is 17.7. The largest absolute Gasteiger partial charge is 0.455 e. The Hall–Kier alpha value is -8.46. The van der Waals surface area contributed by atoms with Gasteiger partial charge in [-0.05, 0) is 121 Å². The van der Waals surface area contributed by atoms with Gasteiger partial charge in [0.2, 0.25) is 0 Å². The van der Waals surface area contributed by atoms with E-state index < -0.39 is 0 Å². The molecule has 0 unspecified atom stereocenters. The van der Waals surface area contributed by atoms with Crippen LogP contribution in [-0.2, 0) is 0 Å². The maximum absolute atomic E-state index is 6.55. The molecule has 1 heterocycles. The second-order valence-corrected chi connectivity index (χ2v) is 16.4. The fourth-order valence-corrected chi connectivity index (χ4v) is 9.53. The van der Waals surface area contributed by atoms with Crippen molar-refractivity contribution in [1.82, 2.24) is 0 Å². The van der Waals surface area contributed by atoms with E-state index in [0.717, 1.165) is 61.1 Å². The Bertz CT molecular complexity index is 3640. The lowest BCUT2D eigenvalue weighted by atomic mass is 9.91. The number of rotatable bonds is 8. The molecule has 12 rings (SSSR count). The molecule has 2 heteroatoms. The lowest BCUT2D eigenvalue weighted by molar-refractivity contribution is 0.672. The van der Waals surface area contributed by atoms with Gasteiger partial charge in [0.1, 0.15) is 11.2 Å². The SMILES string of the molecule is c1ccc(-c2ccc(-c3ccc(N(c4ccc(-c5cccc6ccccc56)cc4)c4ccccc4-c4ccc5oc6c7ccccc7ccc6c5c4)cc3)cc2-c2ccccc2)cc1. The summed E-state index contributed by atoms with van der Waals surface area (Å²) in [6.45, 7) is 0. The van der Waals surface area contributed by atoms with Crippen molar-refractivity contribution in [3.8, 4) is 55.6 Å². The Balaban J connectivity index is 0.985. The molecule has 0 atom stereocenters. The van der Waals surface area contributed by atoms with Crippen LogP contribution in [0, 0.1) is 0 Å². The van der Waals surface area contributed by atoms with Gasteiger partial charge in [-0.1, -0.05) is 194 Å². The fraction of sp³-hybridized carbons (Fsp3) is 0. The molecule has 1 aromatic heterocycles. The van der Waals surface area contributed by atoms with Crippen LogP contribution in [0.4, 0.5) is 17.1 Å². The summed E-state index contributed by atoms with van der Waals surface area (Å²) in [6.07, 6.45) is 0. The number of hydrogen-bond donors (Lipinski definition) is 0. The van der Waals surface area contributed by atoms with Gasteiger partial charge in [-0.25, -0.2) is 0 Å². The van der Waals surface area contributed by atoms with E-state index in [1.165, 1.54) is 55.1 Å². The van der Waals surface area contributed by atoms with Gasteiger partial charge in [0, 0.05) is 33.1 Å². The average molecular weight is 816 g/mol. The summed E-state index contributed by atoms with van der Waals surface area (Å²) >= 11 is 0. The molecule has 0 aliphatic carbocycles. The number of nitrogens with zero attached hydrogens (tertiary/aromatic N) is 1. The standard InChI is InChI=1S/C62H41NO/c1-3-14-43(15-4-1)54-37-31-48(40-58(54)45-16-5-2-6-17-45)42-26-33-50(34-27-42)63(51-35-28-47(29-36-51)53-24-13-20-44-18-7-9-21-52(44)53)60-25-12-11-22-55(60)49-32-39-61-59(41-49)57-38-30-46-19-8-10-23-56(46)62(57)64-61/h1-41H. The highest BCUT2D eigenvalue weighted by atomic mass is 16.3. The van der Waals surface area contributed by atoms with Crippen molar-refractivity contribution < 1.29 is 4.42 Å². The number of hydrogen-bond acceptors (Lipinski definition) is 2. The average Bonchev–Trinajstić information content (AvgIpc) is 3.76. The summed E-state index contributed by atoms with van der Waals surface area (Å²) in [5, 5.41) is 7.02. The summed E-state index contributed by atoms with van der Waals surface area (Å²) < 4.78 is 6.55. The third kappa shape index (κ3) is 6.61. The summed E-state index contributed by atoms with van der Waals surface area (Å²) in [7, 11) is 0. The van der Waals surface area contributed by atoms with Gasteiger partial charge < -0.3 is 9.32 Å². The van der Waals surface area contributed by atoms with Crippen molar-refractivity contribution in [3.05, 3.63) is 249 Å². The number of anilines is 3. The molecular formula is C62H41NO. The van der Waals surface area contributed by atoms with E-state index in [1.54, 1.807) is 0 Å². The molecule has 0 saturated carbocycles. The number of para-hydroxylation sites is 1. The maximum atomic E-state index is 6.55. The summed E-state index contributed by atoms with van der Waals surface area (Å²) in [5.41, 5.74) is 16.9. The van der Waals surface area contributed by atoms with Crippen LogP contribution in [0.5, 0.6) is 0 Å². The summed E-state index contributed by atoms with van der Waals surface area (Å²) in [6, 6.07) is 89.7. The first-order valence-electron chi connectivity index (χ1n) is 21.9. The zero-order chi connectivity index (χ0) is 42.4. The topological polar surface area (TPSA) is 16.4 Å². The molecule has 11 aromatic carbocycles. The van der Waals surface area contributed by atoms with Gasteiger partial charge in [-0.15, -0.1) is 0 Å². The van der Waals surface area contributed by atoms with E-state index in [9.17, 15) is 0 Å². The molecule has 0 bridgehead atoms. The second kappa shape index (κ2) is 15.8. The lowest BCUT2D eigenvalue weighted by Crippen LogP contribution is -2.11. The molecule has 300 valence electrons. The van der Waals surface area contributed by atoms with E-state index in [1.807, 2.05) is 0 Å². The molecule has 0 fully saturated rings. The number of furan rings is 1. The van der Waals surface area contributed by atoms with Crippen molar-refractivity contribution in [2.45, 2.75) is 0 Å². The smallest absolute Gasteiger partial charge is 0.143 e. The van der Waals surface area contributed by atoms with Crippen LogP contribution in [0.3, 0.4) is 0 Å².